The highest BCUT2D eigenvalue weighted by molar-refractivity contribution is 7.17. The molecule has 0 fully saturated rings. The van der Waals surface area contributed by atoms with E-state index < -0.39 is 5.97 Å². The number of benzene rings is 1. The van der Waals surface area contributed by atoms with Crippen molar-refractivity contribution in [2.75, 3.05) is 11.9 Å². The van der Waals surface area contributed by atoms with Crippen LogP contribution in [0, 0.1) is 0 Å². The monoisotopic (exact) mass is 379 g/mol. The number of rotatable bonds is 5. The van der Waals surface area contributed by atoms with Crippen LogP contribution in [0.25, 0.3) is 0 Å². The Hall–Kier alpha value is -2.05. The number of ether oxygens (including phenoxy) is 1. The normalized spacial score (nSPS) is 13.6. The van der Waals surface area contributed by atoms with Crippen molar-refractivity contribution in [2.45, 2.75) is 32.1 Å². The minimum atomic E-state index is -0.992. The van der Waals surface area contributed by atoms with Gasteiger partial charge in [0.1, 0.15) is 10.8 Å². The largest absolute Gasteiger partial charge is 0.484 e. The molecule has 0 radical (unpaired) electrons. The molecule has 0 aliphatic heterocycles. The van der Waals surface area contributed by atoms with Gasteiger partial charge in [0.05, 0.1) is 5.56 Å². The van der Waals surface area contributed by atoms with Gasteiger partial charge < -0.3 is 15.2 Å². The third kappa shape index (κ3) is 4.32. The van der Waals surface area contributed by atoms with Crippen LogP contribution in [0.4, 0.5) is 5.00 Å². The van der Waals surface area contributed by atoms with E-state index in [1.54, 1.807) is 24.3 Å². The maximum absolute atomic E-state index is 12.2. The molecule has 25 heavy (non-hydrogen) atoms. The predicted octanol–water partition coefficient (Wildman–Crippen LogP) is 4.39. The van der Waals surface area contributed by atoms with Crippen LogP contribution < -0.4 is 10.1 Å². The molecule has 1 aliphatic rings. The molecular weight excluding hydrogens is 362 g/mol. The lowest BCUT2D eigenvalue weighted by molar-refractivity contribution is -0.118. The number of fused-ring (bicyclic) bond motifs is 1. The first kappa shape index (κ1) is 17.8. The average molecular weight is 380 g/mol. The fourth-order valence-electron chi connectivity index (χ4n) is 2.90. The first-order chi connectivity index (χ1) is 12.0. The summed E-state index contributed by atoms with van der Waals surface area (Å²) < 4.78 is 5.40. The van der Waals surface area contributed by atoms with Gasteiger partial charge in [-0.2, -0.15) is 0 Å². The number of carboxylic acid groups (broad SMARTS) is 1. The van der Waals surface area contributed by atoms with Crippen LogP contribution in [-0.2, 0) is 17.6 Å². The van der Waals surface area contributed by atoms with E-state index in [0.717, 1.165) is 42.5 Å². The standard InChI is InChI=1S/C18H18ClNO4S/c19-11-6-8-12(9-7-11)24-10-15(21)20-17-16(18(22)23)13-4-2-1-3-5-14(13)25-17/h6-9H,1-5,10H2,(H,20,21)(H,22,23). The summed E-state index contributed by atoms with van der Waals surface area (Å²) in [6, 6.07) is 6.69. The van der Waals surface area contributed by atoms with Crippen LogP contribution in [0.1, 0.15) is 40.1 Å². The summed E-state index contributed by atoms with van der Waals surface area (Å²) in [5.74, 6) is -0.845. The van der Waals surface area contributed by atoms with Gasteiger partial charge >= 0.3 is 5.97 Å². The number of aromatic carboxylic acids is 1. The SMILES string of the molecule is O=C(COc1ccc(Cl)cc1)Nc1sc2c(c1C(=O)O)CCCCC2. The fraction of sp³-hybridized carbons (Fsp3) is 0.333. The molecule has 2 N–H and O–H groups in total. The second-order valence-corrected chi connectivity index (χ2v) is 7.41. The summed E-state index contributed by atoms with van der Waals surface area (Å²) in [4.78, 5) is 24.9. The molecule has 0 atom stereocenters. The summed E-state index contributed by atoms with van der Waals surface area (Å²) in [7, 11) is 0. The van der Waals surface area contributed by atoms with Crippen molar-refractivity contribution in [1.82, 2.24) is 0 Å². The lowest BCUT2D eigenvalue weighted by Gasteiger charge is -2.08. The topological polar surface area (TPSA) is 75.6 Å². The molecule has 3 rings (SSSR count). The quantitative estimate of drug-likeness (QED) is 0.755. The van der Waals surface area contributed by atoms with Gasteiger partial charge in [0, 0.05) is 9.90 Å². The highest BCUT2D eigenvalue weighted by atomic mass is 35.5. The van der Waals surface area contributed by atoms with E-state index in [1.807, 2.05) is 0 Å². The van der Waals surface area contributed by atoms with Crippen LogP contribution in [0.15, 0.2) is 24.3 Å². The van der Waals surface area contributed by atoms with Crippen molar-refractivity contribution in [3.05, 3.63) is 45.3 Å². The second-order valence-electron chi connectivity index (χ2n) is 5.86. The average Bonchev–Trinajstić information content (AvgIpc) is 2.75. The number of hydrogen-bond donors (Lipinski definition) is 2. The molecule has 0 bridgehead atoms. The lowest BCUT2D eigenvalue weighted by Crippen LogP contribution is -2.21. The van der Waals surface area contributed by atoms with Gasteiger partial charge in [-0.3, -0.25) is 4.79 Å². The van der Waals surface area contributed by atoms with Crippen molar-refractivity contribution in [1.29, 1.82) is 0 Å². The minimum absolute atomic E-state index is 0.191. The Labute approximate surface area is 154 Å². The molecule has 7 heteroatoms. The molecule has 0 saturated carbocycles. The van der Waals surface area contributed by atoms with Gasteiger partial charge in [0.2, 0.25) is 0 Å². The number of carboxylic acids is 1. The Kier molecular flexibility index (Phi) is 5.60. The Bertz CT molecular complexity index is 785. The summed E-state index contributed by atoms with van der Waals surface area (Å²) in [5, 5.41) is 13.3. The Morgan fingerprint density at radius 3 is 2.60 bits per heavy atom. The molecule has 1 amide bonds. The maximum Gasteiger partial charge on any atom is 0.339 e. The summed E-state index contributed by atoms with van der Waals surface area (Å²) >= 11 is 7.17. The number of thiophene rings is 1. The van der Waals surface area contributed by atoms with Crippen molar-refractivity contribution in [3.63, 3.8) is 0 Å². The summed E-state index contributed by atoms with van der Waals surface area (Å²) in [6.45, 7) is -0.191. The molecule has 1 heterocycles. The van der Waals surface area contributed by atoms with Crippen LogP contribution in [0.5, 0.6) is 5.75 Å². The van der Waals surface area contributed by atoms with Crippen LogP contribution >= 0.6 is 22.9 Å². The van der Waals surface area contributed by atoms with Gasteiger partial charge in [-0.15, -0.1) is 11.3 Å². The smallest absolute Gasteiger partial charge is 0.339 e. The molecule has 132 valence electrons. The van der Waals surface area contributed by atoms with Crippen molar-refractivity contribution in [3.8, 4) is 5.75 Å². The van der Waals surface area contributed by atoms with E-state index in [4.69, 9.17) is 16.3 Å². The Morgan fingerprint density at radius 2 is 1.88 bits per heavy atom. The van der Waals surface area contributed by atoms with E-state index in [1.165, 1.54) is 11.3 Å². The lowest BCUT2D eigenvalue weighted by atomic mass is 10.1. The number of amides is 1. The first-order valence-electron chi connectivity index (χ1n) is 8.10. The second kappa shape index (κ2) is 7.89. The Morgan fingerprint density at radius 1 is 1.16 bits per heavy atom. The van der Waals surface area contributed by atoms with Crippen LogP contribution in [0.3, 0.4) is 0 Å². The number of halogens is 1. The number of anilines is 1. The Balaban J connectivity index is 1.70. The van der Waals surface area contributed by atoms with E-state index in [9.17, 15) is 14.7 Å². The zero-order valence-corrected chi connectivity index (χ0v) is 15.1. The summed E-state index contributed by atoms with van der Waals surface area (Å²) in [5.41, 5.74) is 1.12. The number of aryl methyl sites for hydroxylation is 1. The van der Waals surface area contributed by atoms with Crippen molar-refractivity contribution in [2.24, 2.45) is 0 Å². The molecule has 0 saturated heterocycles. The van der Waals surface area contributed by atoms with Crippen molar-refractivity contribution >= 4 is 39.8 Å². The first-order valence-corrected chi connectivity index (χ1v) is 9.30. The zero-order chi connectivity index (χ0) is 17.8. The number of hydrogen-bond acceptors (Lipinski definition) is 4. The van der Waals surface area contributed by atoms with E-state index >= 15 is 0 Å². The van der Waals surface area contributed by atoms with Gasteiger partial charge in [0.15, 0.2) is 6.61 Å². The molecule has 5 nitrogen and oxygen atoms in total. The van der Waals surface area contributed by atoms with E-state index in [2.05, 4.69) is 5.32 Å². The van der Waals surface area contributed by atoms with E-state index in [0.29, 0.717) is 15.8 Å². The molecule has 1 aromatic heterocycles. The molecule has 0 spiro atoms. The summed E-state index contributed by atoms with van der Waals surface area (Å²) in [6.07, 6.45) is 4.77. The molecule has 0 unspecified atom stereocenters. The zero-order valence-electron chi connectivity index (χ0n) is 13.5. The maximum atomic E-state index is 12.2. The molecule has 2 aromatic rings. The predicted molar refractivity (Wildman–Crippen MR) is 98.1 cm³/mol. The van der Waals surface area contributed by atoms with E-state index in [-0.39, 0.29) is 18.1 Å². The van der Waals surface area contributed by atoms with Gasteiger partial charge in [-0.1, -0.05) is 18.0 Å². The highest BCUT2D eigenvalue weighted by Crippen LogP contribution is 2.37. The molecular formula is C18H18ClNO4S. The third-order valence-electron chi connectivity index (χ3n) is 4.07. The van der Waals surface area contributed by atoms with Gasteiger partial charge in [0.25, 0.3) is 5.91 Å². The minimum Gasteiger partial charge on any atom is -0.484 e. The number of carbonyl (C=O) groups excluding carboxylic acids is 1. The fourth-order valence-corrected chi connectivity index (χ4v) is 4.32. The van der Waals surface area contributed by atoms with Gasteiger partial charge in [-0.05, 0) is 55.5 Å². The van der Waals surface area contributed by atoms with Crippen molar-refractivity contribution < 1.29 is 19.4 Å². The number of carbonyl (C=O) groups is 2. The molecule has 1 aromatic carbocycles. The third-order valence-corrected chi connectivity index (χ3v) is 5.53. The van der Waals surface area contributed by atoms with Crippen LogP contribution in [-0.4, -0.2) is 23.6 Å². The number of nitrogens with one attached hydrogen (secondary N) is 1. The molecule has 1 aliphatic carbocycles. The van der Waals surface area contributed by atoms with Crippen LogP contribution in [0.2, 0.25) is 5.02 Å². The van der Waals surface area contributed by atoms with Gasteiger partial charge in [-0.25, -0.2) is 4.79 Å². The highest BCUT2D eigenvalue weighted by Gasteiger charge is 2.25.